The number of imide groups is 1. The van der Waals surface area contributed by atoms with Crippen LogP contribution in [0.5, 0.6) is 0 Å². The average Bonchev–Trinajstić information content (AvgIpc) is 3.41. The third-order valence-corrected chi connectivity index (χ3v) is 5.34. The number of hydrogen-bond donors (Lipinski definition) is 2. The molecule has 0 saturated carbocycles. The molecule has 2 atom stereocenters. The molecule has 8 heteroatoms. The molecule has 164 valence electrons. The molecule has 1 aliphatic heterocycles. The van der Waals surface area contributed by atoms with Crippen LogP contribution in [0.15, 0.2) is 77.4 Å². The second kappa shape index (κ2) is 9.47. The van der Waals surface area contributed by atoms with Gasteiger partial charge in [-0.05, 0) is 48.4 Å². The Morgan fingerprint density at radius 3 is 2.50 bits per heavy atom. The average molecular weight is 435 g/mol. The Balaban J connectivity index is 1.34. The number of hydrogen-bond acceptors (Lipinski definition) is 4. The van der Waals surface area contributed by atoms with Crippen molar-refractivity contribution in [1.29, 1.82) is 0 Å². The number of anilines is 1. The van der Waals surface area contributed by atoms with Crippen LogP contribution in [0, 0.1) is 5.82 Å². The van der Waals surface area contributed by atoms with E-state index in [1.807, 2.05) is 6.07 Å². The van der Waals surface area contributed by atoms with Crippen molar-refractivity contribution >= 4 is 23.5 Å². The Hall–Kier alpha value is -3.94. The summed E-state index contributed by atoms with van der Waals surface area (Å²) < 4.78 is 18.8. The fourth-order valence-electron chi connectivity index (χ4n) is 3.76. The summed E-state index contributed by atoms with van der Waals surface area (Å²) in [6.07, 6.45) is 1.93. The molecule has 7 nitrogen and oxygen atoms in total. The van der Waals surface area contributed by atoms with E-state index in [4.69, 9.17) is 4.42 Å². The SMILES string of the molecule is O=C(CC1NC(=O)N(c2ccccc2)C1=O)NCCC(c1ccc(F)cc1)c1ccco1. The molecule has 3 aromatic rings. The van der Waals surface area contributed by atoms with Gasteiger partial charge in [-0.3, -0.25) is 9.59 Å². The van der Waals surface area contributed by atoms with Crippen LogP contribution in [0.4, 0.5) is 14.9 Å². The minimum atomic E-state index is -0.916. The van der Waals surface area contributed by atoms with Crippen molar-refractivity contribution in [3.8, 4) is 0 Å². The number of urea groups is 1. The van der Waals surface area contributed by atoms with Crippen LogP contribution in [-0.4, -0.2) is 30.4 Å². The number of carbonyl (C=O) groups is 3. The third kappa shape index (κ3) is 4.69. The second-order valence-electron chi connectivity index (χ2n) is 7.47. The van der Waals surface area contributed by atoms with Gasteiger partial charge >= 0.3 is 6.03 Å². The van der Waals surface area contributed by atoms with Gasteiger partial charge in [-0.2, -0.15) is 0 Å². The summed E-state index contributed by atoms with van der Waals surface area (Å²) in [6.45, 7) is 0.318. The number of carbonyl (C=O) groups excluding carboxylic acids is 3. The van der Waals surface area contributed by atoms with E-state index in [0.29, 0.717) is 24.4 Å². The highest BCUT2D eigenvalue weighted by molar-refractivity contribution is 6.22. The molecule has 32 heavy (non-hydrogen) atoms. The molecule has 1 aromatic heterocycles. The highest BCUT2D eigenvalue weighted by Crippen LogP contribution is 2.28. The van der Waals surface area contributed by atoms with Gasteiger partial charge < -0.3 is 15.1 Å². The van der Waals surface area contributed by atoms with Crippen molar-refractivity contribution in [2.75, 3.05) is 11.4 Å². The molecule has 0 radical (unpaired) electrons. The maximum atomic E-state index is 13.3. The molecule has 1 saturated heterocycles. The molecule has 0 bridgehead atoms. The number of nitrogens with zero attached hydrogens (tertiary/aromatic N) is 1. The Labute approximate surface area is 184 Å². The van der Waals surface area contributed by atoms with Crippen LogP contribution in [-0.2, 0) is 9.59 Å². The van der Waals surface area contributed by atoms with Crippen LogP contribution < -0.4 is 15.5 Å². The summed E-state index contributed by atoms with van der Waals surface area (Å²) in [4.78, 5) is 38.3. The van der Waals surface area contributed by atoms with Gasteiger partial charge in [0.15, 0.2) is 0 Å². The normalized spacial score (nSPS) is 16.7. The van der Waals surface area contributed by atoms with Crippen molar-refractivity contribution in [1.82, 2.24) is 10.6 Å². The van der Waals surface area contributed by atoms with E-state index in [9.17, 15) is 18.8 Å². The van der Waals surface area contributed by atoms with E-state index in [2.05, 4.69) is 10.6 Å². The molecule has 2 heterocycles. The molecule has 4 rings (SSSR count). The van der Waals surface area contributed by atoms with Gasteiger partial charge in [0.25, 0.3) is 5.91 Å². The molecule has 0 aliphatic carbocycles. The molecule has 2 unspecified atom stereocenters. The van der Waals surface area contributed by atoms with Crippen molar-refractivity contribution in [2.45, 2.75) is 24.8 Å². The van der Waals surface area contributed by atoms with Gasteiger partial charge in [0.1, 0.15) is 17.6 Å². The lowest BCUT2D eigenvalue weighted by Crippen LogP contribution is -2.37. The maximum Gasteiger partial charge on any atom is 0.329 e. The lowest BCUT2D eigenvalue weighted by atomic mass is 9.93. The fraction of sp³-hybridized carbons (Fsp3) is 0.208. The zero-order valence-corrected chi connectivity index (χ0v) is 17.2. The maximum absolute atomic E-state index is 13.3. The van der Waals surface area contributed by atoms with E-state index in [1.165, 1.54) is 12.1 Å². The smallest absolute Gasteiger partial charge is 0.329 e. The summed E-state index contributed by atoms with van der Waals surface area (Å²) >= 11 is 0. The van der Waals surface area contributed by atoms with Crippen LogP contribution in [0.3, 0.4) is 0 Å². The molecule has 2 aromatic carbocycles. The van der Waals surface area contributed by atoms with Crippen LogP contribution in [0.2, 0.25) is 0 Å². The minimum Gasteiger partial charge on any atom is -0.469 e. The second-order valence-corrected chi connectivity index (χ2v) is 7.47. The first-order chi connectivity index (χ1) is 15.5. The number of furan rings is 1. The Kier molecular flexibility index (Phi) is 6.30. The zero-order chi connectivity index (χ0) is 22.5. The molecule has 2 N–H and O–H groups in total. The molecule has 0 spiro atoms. The van der Waals surface area contributed by atoms with Gasteiger partial charge in [-0.1, -0.05) is 30.3 Å². The van der Waals surface area contributed by atoms with Gasteiger partial charge in [-0.25, -0.2) is 14.1 Å². The summed E-state index contributed by atoms with van der Waals surface area (Å²) in [7, 11) is 0. The number of rotatable bonds is 8. The third-order valence-electron chi connectivity index (χ3n) is 5.34. The van der Waals surface area contributed by atoms with Crippen LogP contribution in [0.1, 0.15) is 30.1 Å². The van der Waals surface area contributed by atoms with Crippen LogP contribution in [0.25, 0.3) is 0 Å². The Morgan fingerprint density at radius 1 is 1.06 bits per heavy atom. The highest BCUT2D eigenvalue weighted by atomic mass is 19.1. The van der Waals surface area contributed by atoms with E-state index in [-0.39, 0.29) is 24.1 Å². The van der Waals surface area contributed by atoms with E-state index < -0.39 is 18.0 Å². The van der Waals surface area contributed by atoms with Gasteiger partial charge in [-0.15, -0.1) is 0 Å². The number of para-hydroxylation sites is 1. The molecule has 4 amide bonds. The molecular formula is C24H22FN3O4. The first-order valence-corrected chi connectivity index (χ1v) is 10.3. The summed E-state index contributed by atoms with van der Waals surface area (Å²) in [5, 5.41) is 5.36. The highest BCUT2D eigenvalue weighted by Gasteiger charge is 2.39. The summed E-state index contributed by atoms with van der Waals surface area (Å²) in [5.41, 5.74) is 1.32. The van der Waals surface area contributed by atoms with Crippen molar-refractivity contribution in [3.05, 3.63) is 90.1 Å². The fourth-order valence-corrected chi connectivity index (χ4v) is 3.76. The first-order valence-electron chi connectivity index (χ1n) is 10.3. The Morgan fingerprint density at radius 2 is 1.81 bits per heavy atom. The lowest BCUT2D eigenvalue weighted by Gasteiger charge is -2.16. The standard InChI is InChI=1S/C24H22FN3O4/c25-17-10-8-16(9-11-17)19(21-7-4-14-32-21)12-13-26-22(29)15-20-23(30)28(24(31)27-20)18-5-2-1-3-6-18/h1-11,14,19-20H,12-13,15H2,(H,26,29)(H,27,31). The van der Waals surface area contributed by atoms with Gasteiger partial charge in [0, 0.05) is 12.5 Å². The largest absolute Gasteiger partial charge is 0.469 e. The number of benzene rings is 2. The predicted molar refractivity (Wildman–Crippen MR) is 115 cm³/mol. The lowest BCUT2D eigenvalue weighted by molar-refractivity contribution is -0.125. The first kappa shape index (κ1) is 21.3. The predicted octanol–water partition coefficient (Wildman–Crippen LogP) is 3.57. The molecular weight excluding hydrogens is 413 g/mol. The van der Waals surface area contributed by atoms with Gasteiger partial charge in [0.2, 0.25) is 5.91 Å². The molecule has 1 aliphatic rings. The molecule has 1 fully saturated rings. The van der Waals surface area contributed by atoms with E-state index in [1.54, 1.807) is 54.8 Å². The minimum absolute atomic E-state index is 0.157. The van der Waals surface area contributed by atoms with Gasteiger partial charge in [0.05, 0.1) is 18.4 Å². The Bertz CT molecular complexity index is 1080. The van der Waals surface area contributed by atoms with Crippen molar-refractivity contribution in [3.63, 3.8) is 0 Å². The summed E-state index contributed by atoms with van der Waals surface area (Å²) in [6, 6.07) is 16.9. The van der Waals surface area contributed by atoms with E-state index >= 15 is 0 Å². The monoisotopic (exact) mass is 435 g/mol. The van der Waals surface area contributed by atoms with Crippen LogP contribution >= 0.6 is 0 Å². The summed E-state index contributed by atoms with van der Waals surface area (Å²) in [5.74, 6) is -0.588. The number of nitrogens with one attached hydrogen (secondary N) is 2. The number of halogens is 1. The van der Waals surface area contributed by atoms with Crippen molar-refractivity contribution in [2.24, 2.45) is 0 Å². The number of amides is 4. The van der Waals surface area contributed by atoms with Crippen molar-refractivity contribution < 1.29 is 23.2 Å². The van der Waals surface area contributed by atoms with E-state index in [0.717, 1.165) is 10.5 Å². The quantitative estimate of drug-likeness (QED) is 0.529. The topological polar surface area (TPSA) is 91.7 Å². The zero-order valence-electron chi connectivity index (χ0n) is 17.2.